The Hall–Kier alpha value is -3.22. The van der Waals surface area contributed by atoms with Crippen LogP contribution in [0, 0.1) is 10.1 Å². The third-order valence-corrected chi connectivity index (χ3v) is 4.89. The summed E-state index contributed by atoms with van der Waals surface area (Å²) in [6, 6.07) is 16.7. The maximum atomic E-state index is 10.9. The van der Waals surface area contributed by atoms with E-state index in [1.54, 1.807) is 12.1 Å². The summed E-state index contributed by atoms with van der Waals surface area (Å²) in [5, 5.41) is 19.8. The van der Waals surface area contributed by atoms with Crippen molar-refractivity contribution < 1.29 is 4.92 Å². The van der Waals surface area contributed by atoms with Gasteiger partial charge >= 0.3 is 0 Å². The Morgan fingerprint density at radius 1 is 0.963 bits per heavy atom. The Labute approximate surface area is 157 Å². The molecule has 0 atom stereocenters. The van der Waals surface area contributed by atoms with E-state index in [9.17, 15) is 10.1 Å². The van der Waals surface area contributed by atoms with E-state index in [-0.39, 0.29) is 10.6 Å². The van der Waals surface area contributed by atoms with Gasteiger partial charge in [-0.2, -0.15) is 0 Å². The van der Waals surface area contributed by atoms with Gasteiger partial charge in [-0.3, -0.25) is 10.1 Å². The maximum absolute atomic E-state index is 10.9. The molecule has 0 saturated carbocycles. The molecular weight excluding hydrogens is 342 g/mol. The first-order valence-corrected chi connectivity index (χ1v) is 9.19. The van der Waals surface area contributed by atoms with Gasteiger partial charge in [0.1, 0.15) is 5.69 Å². The molecule has 0 N–H and O–H groups in total. The van der Waals surface area contributed by atoms with Crippen molar-refractivity contribution in [3.8, 4) is 11.3 Å². The number of hydrogen-bond donors (Lipinski definition) is 0. The van der Waals surface area contributed by atoms with Gasteiger partial charge in [-0.25, -0.2) is 4.68 Å². The van der Waals surface area contributed by atoms with Crippen LogP contribution < -0.4 is 4.90 Å². The van der Waals surface area contributed by atoms with Crippen molar-refractivity contribution >= 4 is 11.5 Å². The maximum Gasteiger partial charge on any atom is 0.269 e. The predicted octanol–water partition coefficient (Wildman–Crippen LogP) is 3.89. The number of hydrogen-bond acceptors (Lipinski definition) is 5. The molecule has 7 nitrogen and oxygen atoms in total. The lowest BCUT2D eigenvalue weighted by Gasteiger charge is -2.29. The Morgan fingerprint density at radius 2 is 1.67 bits per heavy atom. The molecule has 2 aromatic carbocycles. The fourth-order valence-corrected chi connectivity index (χ4v) is 3.52. The third-order valence-electron chi connectivity index (χ3n) is 4.89. The van der Waals surface area contributed by atoms with Crippen LogP contribution in [0.2, 0.25) is 0 Å². The molecule has 1 aliphatic heterocycles. The highest BCUT2D eigenvalue weighted by atomic mass is 16.6. The standard InChI is InChI=1S/C20H21N5O2/c26-25(27)18-11-9-17(10-12-18)19-20(23-13-5-2-6-14-23)24(22-21-19)15-16-7-3-1-4-8-16/h1,3-4,7-12H,2,5-6,13-15H2. The fraction of sp³-hybridized carbons (Fsp3) is 0.300. The van der Waals surface area contributed by atoms with Gasteiger partial charge in [0.25, 0.3) is 5.69 Å². The predicted molar refractivity (Wildman–Crippen MR) is 104 cm³/mol. The second-order valence-electron chi connectivity index (χ2n) is 6.76. The lowest BCUT2D eigenvalue weighted by Crippen LogP contribution is -2.32. The molecule has 138 valence electrons. The average molecular weight is 363 g/mol. The van der Waals surface area contributed by atoms with E-state index >= 15 is 0 Å². The number of benzene rings is 2. The molecule has 0 bridgehead atoms. The zero-order chi connectivity index (χ0) is 18.6. The molecule has 0 radical (unpaired) electrons. The molecule has 7 heteroatoms. The summed E-state index contributed by atoms with van der Waals surface area (Å²) in [6.45, 7) is 2.59. The number of nitrogens with zero attached hydrogens (tertiary/aromatic N) is 5. The summed E-state index contributed by atoms with van der Waals surface area (Å²) in [5.74, 6) is 0.993. The minimum Gasteiger partial charge on any atom is -0.355 e. The number of non-ortho nitro benzene ring substituents is 1. The van der Waals surface area contributed by atoms with Crippen LogP contribution in [0.1, 0.15) is 24.8 Å². The van der Waals surface area contributed by atoms with E-state index in [4.69, 9.17) is 0 Å². The number of nitro benzene ring substituents is 1. The Morgan fingerprint density at radius 3 is 2.33 bits per heavy atom. The van der Waals surface area contributed by atoms with Crippen LogP contribution in [0.4, 0.5) is 11.5 Å². The van der Waals surface area contributed by atoms with Crippen LogP contribution in [0.5, 0.6) is 0 Å². The first kappa shape index (κ1) is 17.2. The summed E-state index contributed by atoms with van der Waals surface area (Å²) in [6.07, 6.45) is 3.54. The van der Waals surface area contributed by atoms with Gasteiger partial charge in [0, 0.05) is 30.8 Å². The minimum atomic E-state index is -0.387. The molecule has 1 aromatic heterocycles. The molecule has 27 heavy (non-hydrogen) atoms. The smallest absolute Gasteiger partial charge is 0.269 e. The monoisotopic (exact) mass is 363 g/mol. The van der Waals surface area contributed by atoms with E-state index in [0.717, 1.165) is 48.6 Å². The van der Waals surface area contributed by atoms with E-state index in [1.807, 2.05) is 22.9 Å². The highest BCUT2D eigenvalue weighted by molar-refractivity contribution is 5.73. The Balaban J connectivity index is 1.73. The number of anilines is 1. The van der Waals surface area contributed by atoms with Crippen molar-refractivity contribution in [3.63, 3.8) is 0 Å². The first-order valence-electron chi connectivity index (χ1n) is 9.19. The number of aromatic nitrogens is 3. The molecule has 0 unspecified atom stereocenters. The minimum absolute atomic E-state index is 0.0787. The van der Waals surface area contributed by atoms with E-state index in [1.165, 1.54) is 18.6 Å². The molecule has 1 fully saturated rings. The Bertz CT molecular complexity index is 915. The van der Waals surface area contributed by atoms with Gasteiger partial charge in [0.2, 0.25) is 0 Å². The van der Waals surface area contributed by atoms with Crippen molar-refractivity contribution in [2.24, 2.45) is 0 Å². The van der Waals surface area contributed by atoms with E-state index in [2.05, 4.69) is 27.3 Å². The van der Waals surface area contributed by atoms with Gasteiger partial charge in [-0.1, -0.05) is 35.5 Å². The lowest BCUT2D eigenvalue weighted by atomic mass is 10.1. The van der Waals surface area contributed by atoms with Crippen LogP contribution in [0.25, 0.3) is 11.3 Å². The quantitative estimate of drug-likeness (QED) is 0.508. The van der Waals surface area contributed by atoms with Crippen molar-refractivity contribution in [2.45, 2.75) is 25.8 Å². The van der Waals surface area contributed by atoms with Crippen molar-refractivity contribution in [1.82, 2.24) is 15.0 Å². The van der Waals surface area contributed by atoms with Crippen molar-refractivity contribution in [2.75, 3.05) is 18.0 Å². The molecule has 0 aliphatic carbocycles. The van der Waals surface area contributed by atoms with Crippen LogP contribution in [-0.2, 0) is 6.54 Å². The largest absolute Gasteiger partial charge is 0.355 e. The number of piperidine rings is 1. The summed E-state index contributed by atoms with van der Waals surface area (Å²) in [4.78, 5) is 12.9. The number of nitro groups is 1. The van der Waals surface area contributed by atoms with Crippen molar-refractivity contribution in [3.05, 3.63) is 70.3 Å². The van der Waals surface area contributed by atoms with Crippen LogP contribution in [-0.4, -0.2) is 33.0 Å². The molecule has 3 aromatic rings. The summed E-state index contributed by atoms with van der Waals surface area (Å²) < 4.78 is 1.94. The Kier molecular flexibility index (Phi) is 4.82. The molecule has 0 amide bonds. The van der Waals surface area contributed by atoms with Gasteiger partial charge in [-0.05, 0) is 37.0 Å². The molecule has 4 rings (SSSR count). The van der Waals surface area contributed by atoms with Crippen LogP contribution in [0.3, 0.4) is 0 Å². The zero-order valence-electron chi connectivity index (χ0n) is 15.0. The first-order chi connectivity index (χ1) is 13.2. The third kappa shape index (κ3) is 3.67. The average Bonchev–Trinajstić information content (AvgIpc) is 3.13. The van der Waals surface area contributed by atoms with E-state index in [0.29, 0.717) is 6.54 Å². The molecule has 1 saturated heterocycles. The van der Waals surface area contributed by atoms with Gasteiger partial charge in [-0.15, -0.1) is 5.10 Å². The summed E-state index contributed by atoms with van der Waals surface area (Å²) in [5.41, 5.74) is 2.87. The molecule has 0 spiro atoms. The second kappa shape index (κ2) is 7.57. The highest BCUT2D eigenvalue weighted by Gasteiger charge is 2.23. The normalized spacial score (nSPS) is 14.3. The molecule has 1 aliphatic rings. The van der Waals surface area contributed by atoms with Crippen LogP contribution >= 0.6 is 0 Å². The fourth-order valence-electron chi connectivity index (χ4n) is 3.52. The summed E-state index contributed by atoms with van der Waals surface area (Å²) >= 11 is 0. The van der Waals surface area contributed by atoms with Crippen LogP contribution in [0.15, 0.2) is 54.6 Å². The topological polar surface area (TPSA) is 77.1 Å². The SMILES string of the molecule is O=[N+]([O-])c1ccc(-c2nnn(Cc3ccccc3)c2N2CCCCC2)cc1. The lowest BCUT2D eigenvalue weighted by molar-refractivity contribution is -0.384. The summed E-state index contributed by atoms with van der Waals surface area (Å²) in [7, 11) is 0. The molecule has 2 heterocycles. The highest BCUT2D eigenvalue weighted by Crippen LogP contribution is 2.32. The zero-order valence-corrected chi connectivity index (χ0v) is 15.0. The van der Waals surface area contributed by atoms with Crippen molar-refractivity contribution in [1.29, 1.82) is 0 Å². The molecular formula is C20H21N5O2. The van der Waals surface area contributed by atoms with E-state index < -0.39 is 0 Å². The number of rotatable bonds is 5. The van der Waals surface area contributed by atoms with Gasteiger partial charge in [0.05, 0.1) is 11.5 Å². The van der Waals surface area contributed by atoms with Gasteiger partial charge in [0.15, 0.2) is 5.82 Å². The second-order valence-corrected chi connectivity index (χ2v) is 6.76. The van der Waals surface area contributed by atoms with Gasteiger partial charge < -0.3 is 4.90 Å².